The summed E-state index contributed by atoms with van der Waals surface area (Å²) < 4.78 is 7.33. The van der Waals surface area contributed by atoms with Crippen molar-refractivity contribution < 1.29 is 0 Å². The molecule has 13 aromatic rings. The second-order valence-electron chi connectivity index (χ2n) is 16.1. The molecule has 0 atom stereocenters. The maximum Gasteiger partial charge on any atom is 0.0625 e. The predicted octanol–water partition coefficient (Wildman–Crippen LogP) is 15.5. The summed E-state index contributed by atoms with van der Waals surface area (Å²) in [6.07, 6.45) is 0. The highest BCUT2D eigenvalue weighted by Gasteiger charge is 2.22. The predicted molar refractivity (Wildman–Crippen MR) is 258 cm³/mol. The molecule has 0 radical (unpaired) electrons. The summed E-state index contributed by atoms with van der Waals surface area (Å²) in [6.45, 7) is 0. The molecule has 284 valence electrons. The largest absolute Gasteiger partial charge is 0.309 e. The molecule has 0 fully saturated rings. The molecule has 3 nitrogen and oxygen atoms in total. The van der Waals surface area contributed by atoms with Gasteiger partial charge >= 0.3 is 0 Å². The van der Waals surface area contributed by atoms with Gasteiger partial charge in [-0.3, -0.25) is 0 Å². The second-order valence-corrected chi connectivity index (χ2v) is 16.1. The van der Waals surface area contributed by atoms with Gasteiger partial charge in [0, 0.05) is 54.9 Å². The first-order valence-corrected chi connectivity index (χ1v) is 21.0. The highest BCUT2D eigenvalue weighted by molar-refractivity contribution is 6.22. The molecule has 0 aliphatic heterocycles. The highest BCUT2D eigenvalue weighted by Crippen LogP contribution is 2.45. The average molecular weight is 776 g/mol. The Balaban J connectivity index is 1.08. The van der Waals surface area contributed by atoms with Crippen molar-refractivity contribution in [1.29, 1.82) is 0 Å². The molecule has 0 amide bonds. The van der Waals surface area contributed by atoms with E-state index in [1.165, 1.54) is 98.4 Å². The standard InChI is InChI=1S/C58H37N3/c1-3-15-38(16-4-1)39-27-30-43(31-28-39)60-53-25-13-10-22-47(53)50-37-44(32-34-56(50)60)61-54-26-14-11-23-48(54)51-35-40-17-7-8-20-45(40)57(58(51)61)41-29-33-55-49(36-41)46-21-9-12-24-52(46)59(55)42-18-5-2-6-19-42/h1-37H. The molecule has 0 aliphatic rings. The van der Waals surface area contributed by atoms with E-state index in [2.05, 4.69) is 238 Å². The third-order valence-electron chi connectivity index (χ3n) is 12.8. The van der Waals surface area contributed by atoms with Gasteiger partial charge < -0.3 is 13.7 Å². The lowest BCUT2D eigenvalue weighted by molar-refractivity contribution is 1.17. The summed E-state index contributed by atoms with van der Waals surface area (Å²) >= 11 is 0. The smallest absolute Gasteiger partial charge is 0.0625 e. The molecule has 0 N–H and O–H groups in total. The number of nitrogens with zero attached hydrogens (tertiary/aromatic N) is 3. The van der Waals surface area contributed by atoms with Gasteiger partial charge in [0.2, 0.25) is 0 Å². The van der Waals surface area contributed by atoms with Crippen LogP contribution in [0.3, 0.4) is 0 Å². The van der Waals surface area contributed by atoms with Crippen LogP contribution in [-0.2, 0) is 0 Å². The van der Waals surface area contributed by atoms with Crippen LogP contribution < -0.4 is 0 Å². The minimum absolute atomic E-state index is 1.14. The Hall–Kier alpha value is -8.14. The van der Waals surface area contributed by atoms with E-state index in [1.807, 2.05) is 0 Å². The van der Waals surface area contributed by atoms with E-state index in [0.717, 1.165) is 17.1 Å². The van der Waals surface area contributed by atoms with Crippen molar-refractivity contribution in [2.24, 2.45) is 0 Å². The number of benzene rings is 10. The van der Waals surface area contributed by atoms with Crippen LogP contribution in [0.15, 0.2) is 224 Å². The molecular formula is C58H37N3. The summed E-state index contributed by atoms with van der Waals surface area (Å²) in [5.41, 5.74) is 15.5. The quantitative estimate of drug-likeness (QED) is 0.165. The minimum Gasteiger partial charge on any atom is -0.309 e. The maximum atomic E-state index is 2.52. The van der Waals surface area contributed by atoms with Crippen molar-refractivity contribution >= 4 is 76.2 Å². The Morgan fingerprint density at radius 1 is 0.230 bits per heavy atom. The van der Waals surface area contributed by atoms with Gasteiger partial charge in [-0.05, 0) is 106 Å². The first-order valence-electron chi connectivity index (χ1n) is 21.0. The van der Waals surface area contributed by atoms with Crippen LogP contribution in [0.5, 0.6) is 0 Å². The lowest BCUT2D eigenvalue weighted by Crippen LogP contribution is -1.97. The summed E-state index contributed by atoms with van der Waals surface area (Å²) in [4.78, 5) is 0. The molecule has 3 heteroatoms. The number of fused-ring (bicyclic) bond motifs is 10. The van der Waals surface area contributed by atoms with Crippen molar-refractivity contribution in [2.45, 2.75) is 0 Å². The minimum atomic E-state index is 1.14. The van der Waals surface area contributed by atoms with Gasteiger partial charge in [0.1, 0.15) is 0 Å². The van der Waals surface area contributed by atoms with Crippen LogP contribution in [0.1, 0.15) is 0 Å². The van der Waals surface area contributed by atoms with E-state index in [1.54, 1.807) is 0 Å². The van der Waals surface area contributed by atoms with E-state index in [0.29, 0.717) is 0 Å². The zero-order chi connectivity index (χ0) is 40.0. The van der Waals surface area contributed by atoms with Crippen LogP contribution >= 0.6 is 0 Å². The average Bonchev–Trinajstić information content (AvgIpc) is 3.96. The summed E-state index contributed by atoms with van der Waals surface area (Å²) in [5, 5.41) is 9.91. The molecule has 3 aromatic heterocycles. The molecule has 0 saturated carbocycles. The highest BCUT2D eigenvalue weighted by atomic mass is 15.0. The second kappa shape index (κ2) is 13.2. The third kappa shape index (κ3) is 5.04. The maximum absolute atomic E-state index is 2.52. The van der Waals surface area contributed by atoms with Crippen molar-refractivity contribution in [3.8, 4) is 39.3 Å². The Morgan fingerprint density at radius 3 is 1.34 bits per heavy atom. The lowest BCUT2D eigenvalue weighted by atomic mass is 9.93. The van der Waals surface area contributed by atoms with E-state index < -0.39 is 0 Å². The van der Waals surface area contributed by atoms with Crippen LogP contribution in [0.2, 0.25) is 0 Å². The van der Waals surface area contributed by atoms with Gasteiger partial charge in [-0.25, -0.2) is 0 Å². The van der Waals surface area contributed by atoms with Gasteiger partial charge in [-0.15, -0.1) is 0 Å². The molecule has 13 rings (SSSR count). The van der Waals surface area contributed by atoms with E-state index in [-0.39, 0.29) is 0 Å². The van der Waals surface area contributed by atoms with Gasteiger partial charge in [0.15, 0.2) is 0 Å². The molecule has 61 heavy (non-hydrogen) atoms. The Morgan fingerprint density at radius 2 is 0.672 bits per heavy atom. The summed E-state index contributed by atoms with van der Waals surface area (Å²) in [6, 6.07) is 82.3. The van der Waals surface area contributed by atoms with Gasteiger partial charge in [-0.2, -0.15) is 0 Å². The van der Waals surface area contributed by atoms with Crippen molar-refractivity contribution in [2.75, 3.05) is 0 Å². The number of hydrogen-bond acceptors (Lipinski definition) is 0. The molecule has 3 heterocycles. The van der Waals surface area contributed by atoms with E-state index >= 15 is 0 Å². The van der Waals surface area contributed by atoms with Crippen molar-refractivity contribution in [3.05, 3.63) is 224 Å². The zero-order valence-electron chi connectivity index (χ0n) is 33.2. The van der Waals surface area contributed by atoms with Gasteiger partial charge in [0.05, 0.1) is 33.1 Å². The van der Waals surface area contributed by atoms with E-state index in [9.17, 15) is 0 Å². The molecule has 0 bridgehead atoms. The summed E-state index contributed by atoms with van der Waals surface area (Å²) in [5.74, 6) is 0. The summed E-state index contributed by atoms with van der Waals surface area (Å²) in [7, 11) is 0. The van der Waals surface area contributed by atoms with Crippen LogP contribution in [0.25, 0.3) is 116 Å². The Labute approximate surface area is 352 Å². The monoisotopic (exact) mass is 775 g/mol. The van der Waals surface area contributed by atoms with Crippen molar-refractivity contribution in [3.63, 3.8) is 0 Å². The molecule has 0 spiro atoms. The molecule has 0 aliphatic carbocycles. The SMILES string of the molecule is c1ccc(-c2ccc(-n3c4ccccc4c4cc(-n5c6ccccc6c6cc7ccccc7c(-c7ccc8c(c7)c7ccccc7n8-c7ccccc7)c65)ccc43)cc2)cc1. The lowest BCUT2D eigenvalue weighted by Gasteiger charge is -2.15. The van der Waals surface area contributed by atoms with Crippen LogP contribution in [-0.4, -0.2) is 13.7 Å². The fraction of sp³-hybridized carbons (Fsp3) is 0. The first kappa shape index (κ1) is 33.8. The number of aromatic nitrogens is 3. The van der Waals surface area contributed by atoms with E-state index in [4.69, 9.17) is 0 Å². The van der Waals surface area contributed by atoms with Crippen molar-refractivity contribution in [1.82, 2.24) is 13.7 Å². The molecule has 0 saturated heterocycles. The Bertz CT molecular complexity index is 3850. The zero-order valence-corrected chi connectivity index (χ0v) is 33.2. The number of rotatable bonds is 5. The van der Waals surface area contributed by atoms with Crippen LogP contribution in [0.4, 0.5) is 0 Å². The molecular weight excluding hydrogens is 739 g/mol. The Kier molecular flexibility index (Phi) is 7.31. The van der Waals surface area contributed by atoms with Gasteiger partial charge in [-0.1, -0.05) is 146 Å². The third-order valence-corrected chi connectivity index (χ3v) is 12.8. The number of para-hydroxylation sites is 4. The fourth-order valence-corrected chi connectivity index (χ4v) is 10.1. The molecule has 10 aromatic carbocycles. The van der Waals surface area contributed by atoms with Crippen LogP contribution in [0, 0.1) is 0 Å². The molecule has 0 unspecified atom stereocenters. The number of hydrogen-bond donors (Lipinski definition) is 0. The normalized spacial score (nSPS) is 11.9. The first-order chi connectivity index (χ1) is 30.3. The van der Waals surface area contributed by atoms with Gasteiger partial charge in [0.25, 0.3) is 0 Å². The fourth-order valence-electron chi connectivity index (χ4n) is 10.1. The topological polar surface area (TPSA) is 14.8 Å².